The number of halogens is 1. The number of hydrogen-bond acceptors (Lipinski definition) is 4. The van der Waals surface area contributed by atoms with Gasteiger partial charge in [-0.25, -0.2) is 4.79 Å². The molecule has 1 heterocycles. The number of carbonyl (C=O) groups is 2. The van der Waals surface area contributed by atoms with E-state index in [0.717, 1.165) is 19.3 Å². The molecule has 18 heavy (non-hydrogen) atoms. The fraction of sp³-hybridized carbons (Fsp3) is 0.455. The van der Waals surface area contributed by atoms with E-state index in [0.29, 0.717) is 6.42 Å². The molecule has 1 rings (SSSR count). The van der Waals surface area contributed by atoms with Gasteiger partial charge in [-0.15, -0.1) is 10.2 Å². The van der Waals surface area contributed by atoms with Crippen molar-refractivity contribution in [3.8, 4) is 0 Å². The molecule has 0 saturated heterocycles. The third-order valence-corrected chi connectivity index (χ3v) is 2.08. The van der Waals surface area contributed by atoms with E-state index >= 15 is 0 Å². The average molecular weight is 274 g/mol. The first-order valence-corrected chi connectivity index (χ1v) is 5.86. The Hall–Kier alpha value is -1.69. The molecule has 1 aromatic heterocycles. The Balaban J connectivity index is 0.000000331. The highest BCUT2D eigenvalue weighted by molar-refractivity contribution is 6.29. The van der Waals surface area contributed by atoms with Crippen molar-refractivity contribution >= 4 is 23.5 Å². The van der Waals surface area contributed by atoms with Gasteiger partial charge in [-0.05, 0) is 18.6 Å². The summed E-state index contributed by atoms with van der Waals surface area (Å²) in [7, 11) is 0. The number of nitrogens with two attached hydrogens (primary N) is 1. The van der Waals surface area contributed by atoms with E-state index in [2.05, 4.69) is 17.1 Å². The highest BCUT2D eigenvalue weighted by Crippen LogP contribution is 2.01. The summed E-state index contributed by atoms with van der Waals surface area (Å²) in [4.78, 5) is 20.3. The summed E-state index contributed by atoms with van der Waals surface area (Å²) in [5, 5.41) is 15.1. The van der Waals surface area contributed by atoms with Gasteiger partial charge in [0.05, 0.1) is 0 Å². The van der Waals surface area contributed by atoms with Crippen LogP contribution in [-0.4, -0.2) is 27.2 Å². The zero-order valence-corrected chi connectivity index (χ0v) is 10.9. The van der Waals surface area contributed by atoms with Gasteiger partial charge in [0.15, 0.2) is 10.8 Å². The van der Waals surface area contributed by atoms with Gasteiger partial charge in [0.25, 0.3) is 0 Å². The first-order chi connectivity index (χ1) is 8.47. The van der Waals surface area contributed by atoms with Gasteiger partial charge in [0.1, 0.15) is 0 Å². The Morgan fingerprint density at radius 1 is 1.33 bits per heavy atom. The third kappa shape index (κ3) is 8.46. The maximum atomic E-state index is 10.2. The van der Waals surface area contributed by atoms with Gasteiger partial charge in [0, 0.05) is 6.42 Å². The van der Waals surface area contributed by atoms with Crippen LogP contribution in [0.2, 0.25) is 5.15 Å². The summed E-state index contributed by atoms with van der Waals surface area (Å²) in [6.45, 7) is 2.10. The van der Waals surface area contributed by atoms with Crippen molar-refractivity contribution in [2.45, 2.75) is 32.6 Å². The van der Waals surface area contributed by atoms with Crippen molar-refractivity contribution in [3.05, 3.63) is 23.0 Å². The van der Waals surface area contributed by atoms with Gasteiger partial charge in [0.2, 0.25) is 5.91 Å². The molecule has 0 radical (unpaired) electrons. The average Bonchev–Trinajstić information content (AvgIpc) is 2.30. The molecule has 7 heteroatoms. The Labute approximate surface area is 110 Å². The van der Waals surface area contributed by atoms with Gasteiger partial charge in [-0.2, -0.15) is 0 Å². The standard InChI is InChI=1S/C6H13NO.C5H3ClN2O2/c1-2-3-4-5-6(7)8;6-4-2-1-3(5(9)10)7-8-4/h2-5H2,1H3,(H2,7,8);1-2H,(H,9,10). The van der Waals surface area contributed by atoms with E-state index < -0.39 is 5.97 Å². The molecule has 0 aliphatic rings. The van der Waals surface area contributed by atoms with Crippen LogP contribution in [-0.2, 0) is 4.79 Å². The second kappa shape index (κ2) is 9.35. The molecule has 0 fully saturated rings. The highest BCUT2D eigenvalue weighted by atomic mass is 35.5. The van der Waals surface area contributed by atoms with Crippen LogP contribution in [0.25, 0.3) is 0 Å². The second-order valence-corrected chi connectivity index (χ2v) is 3.86. The van der Waals surface area contributed by atoms with Gasteiger partial charge < -0.3 is 10.8 Å². The lowest BCUT2D eigenvalue weighted by Crippen LogP contribution is -2.09. The molecule has 0 saturated carbocycles. The minimum atomic E-state index is -1.11. The van der Waals surface area contributed by atoms with Gasteiger partial charge in [-0.1, -0.05) is 31.4 Å². The van der Waals surface area contributed by atoms with Gasteiger partial charge in [-0.3, -0.25) is 4.79 Å². The van der Waals surface area contributed by atoms with Crippen LogP contribution in [0, 0.1) is 0 Å². The zero-order valence-electron chi connectivity index (χ0n) is 10.1. The maximum absolute atomic E-state index is 10.2. The minimum Gasteiger partial charge on any atom is -0.476 e. The predicted molar refractivity (Wildman–Crippen MR) is 67.3 cm³/mol. The molecule has 0 spiro atoms. The molecule has 0 aromatic carbocycles. The molecule has 3 N–H and O–H groups in total. The number of hydrogen-bond donors (Lipinski definition) is 2. The van der Waals surface area contributed by atoms with Crippen molar-refractivity contribution in [3.63, 3.8) is 0 Å². The quantitative estimate of drug-likeness (QED) is 0.797. The van der Waals surface area contributed by atoms with E-state index in [1.807, 2.05) is 0 Å². The molecule has 100 valence electrons. The van der Waals surface area contributed by atoms with Crippen molar-refractivity contribution < 1.29 is 14.7 Å². The number of carbonyl (C=O) groups excluding carboxylic acids is 1. The molecule has 0 atom stereocenters. The zero-order chi connectivity index (χ0) is 14.0. The fourth-order valence-electron chi connectivity index (χ4n) is 0.979. The minimum absolute atomic E-state index is 0.107. The van der Waals surface area contributed by atoms with Crippen LogP contribution < -0.4 is 5.73 Å². The van der Waals surface area contributed by atoms with Crippen LogP contribution in [0.1, 0.15) is 43.1 Å². The molecular weight excluding hydrogens is 258 g/mol. The smallest absolute Gasteiger partial charge is 0.356 e. The first-order valence-electron chi connectivity index (χ1n) is 5.48. The molecule has 1 aromatic rings. The Kier molecular flexibility index (Phi) is 8.47. The monoisotopic (exact) mass is 273 g/mol. The van der Waals surface area contributed by atoms with Gasteiger partial charge >= 0.3 is 5.97 Å². The number of nitrogens with zero attached hydrogens (tertiary/aromatic N) is 2. The van der Waals surface area contributed by atoms with E-state index in [9.17, 15) is 9.59 Å². The SMILES string of the molecule is CCCCCC(N)=O.O=C(O)c1ccc(Cl)nn1. The lowest BCUT2D eigenvalue weighted by Gasteiger charge is -1.90. The third-order valence-electron chi connectivity index (χ3n) is 1.88. The lowest BCUT2D eigenvalue weighted by molar-refractivity contribution is -0.118. The van der Waals surface area contributed by atoms with Crippen molar-refractivity contribution in [1.82, 2.24) is 10.2 Å². The number of rotatable bonds is 5. The van der Waals surface area contributed by atoms with Crippen LogP contribution in [0.3, 0.4) is 0 Å². The summed E-state index contributed by atoms with van der Waals surface area (Å²) in [6, 6.07) is 2.66. The normalized spacial score (nSPS) is 9.22. The molecule has 1 amide bonds. The maximum Gasteiger partial charge on any atom is 0.356 e. The summed E-state index contributed by atoms with van der Waals surface area (Å²) >= 11 is 5.35. The summed E-state index contributed by atoms with van der Waals surface area (Å²) in [6.07, 6.45) is 3.76. The van der Waals surface area contributed by atoms with E-state index in [-0.39, 0.29) is 16.8 Å². The number of primary amides is 1. The number of aromatic carboxylic acids is 1. The van der Waals surface area contributed by atoms with E-state index in [4.69, 9.17) is 22.4 Å². The fourth-order valence-corrected chi connectivity index (χ4v) is 1.08. The highest BCUT2D eigenvalue weighted by Gasteiger charge is 2.02. The lowest BCUT2D eigenvalue weighted by atomic mass is 10.2. The molecule has 0 aliphatic carbocycles. The topological polar surface area (TPSA) is 106 Å². The molecule has 0 aliphatic heterocycles. The van der Waals surface area contributed by atoms with E-state index in [1.165, 1.54) is 12.1 Å². The van der Waals surface area contributed by atoms with Crippen LogP contribution in [0.4, 0.5) is 0 Å². The molecule has 0 bridgehead atoms. The van der Waals surface area contributed by atoms with Crippen molar-refractivity contribution in [2.75, 3.05) is 0 Å². The Morgan fingerprint density at radius 3 is 2.39 bits per heavy atom. The number of unbranched alkanes of at least 4 members (excludes halogenated alkanes) is 2. The number of aromatic nitrogens is 2. The van der Waals surface area contributed by atoms with Crippen LogP contribution in [0.15, 0.2) is 12.1 Å². The van der Waals surface area contributed by atoms with Crippen LogP contribution >= 0.6 is 11.6 Å². The molecular formula is C11H16ClN3O3. The molecule has 6 nitrogen and oxygen atoms in total. The van der Waals surface area contributed by atoms with Crippen molar-refractivity contribution in [2.24, 2.45) is 5.73 Å². The molecule has 0 unspecified atom stereocenters. The predicted octanol–water partition coefficient (Wildman–Crippen LogP) is 1.88. The summed E-state index contributed by atoms with van der Waals surface area (Å²) in [5.74, 6) is -1.29. The van der Waals surface area contributed by atoms with Crippen LogP contribution in [0.5, 0.6) is 0 Å². The Morgan fingerprint density at radius 2 is 2.00 bits per heavy atom. The number of carboxylic acids is 1. The van der Waals surface area contributed by atoms with Crippen molar-refractivity contribution in [1.29, 1.82) is 0 Å². The largest absolute Gasteiger partial charge is 0.476 e. The Bertz CT molecular complexity index is 382. The first kappa shape index (κ1) is 16.3. The number of amides is 1. The summed E-state index contributed by atoms with van der Waals surface area (Å²) in [5.41, 5.74) is 4.79. The van der Waals surface area contributed by atoms with E-state index in [1.54, 1.807) is 0 Å². The second-order valence-electron chi connectivity index (χ2n) is 3.47. The number of carboxylic acid groups (broad SMARTS) is 1. The summed E-state index contributed by atoms with van der Waals surface area (Å²) < 4.78 is 0.